The number of fused-ring (bicyclic) bond motifs is 1. The predicted molar refractivity (Wildman–Crippen MR) is 131 cm³/mol. The Labute approximate surface area is 188 Å². The van der Waals surface area contributed by atoms with Crippen LogP contribution in [-0.2, 0) is 4.79 Å². The van der Waals surface area contributed by atoms with Gasteiger partial charge in [-0.2, -0.15) is 0 Å². The normalized spacial score (nSPS) is 15.2. The van der Waals surface area contributed by atoms with E-state index in [4.69, 9.17) is 0 Å². The number of aliphatic imine (C=N–C) groups is 1. The highest BCUT2D eigenvalue weighted by Gasteiger charge is 2.15. The molecule has 2 aromatic carbocycles. The summed E-state index contributed by atoms with van der Waals surface area (Å²) in [6.45, 7) is 8.12. The van der Waals surface area contributed by atoms with Crippen LogP contribution in [0.1, 0.15) is 25.8 Å². The van der Waals surface area contributed by atoms with Crippen LogP contribution in [0, 0.1) is 5.92 Å². The van der Waals surface area contributed by atoms with Crippen molar-refractivity contribution in [3.8, 4) is 5.88 Å². The van der Waals surface area contributed by atoms with Crippen LogP contribution >= 0.6 is 0 Å². The molecule has 1 amide bonds. The van der Waals surface area contributed by atoms with Crippen LogP contribution < -0.4 is 10.2 Å². The van der Waals surface area contributed by atoms with Gasteiger partial charge in [0.1, 0.15) is 0 Å². The second-order valence-corrected chi connectivity index (χ2v) is 8.86. The Bertz CT molecular complexity index is 1130. The number of anilines is 2. The lowest BCUT2D eigenvalue weighted by molar-refractivity contribution is -0.116. The third kappa shape index (κ3) is 5.11. The summed E-state index contributed by atoms with van der Waals surface area (Å²) >= 11 is 0. The van der Waals surface area contributed by atoms with Crippen LogP contribution in [-0.4, -0.2) is 60.3 Å². The maximum absolute atomic E-state index is 12.1. The Morgan fingerprint density at radius 1 is 1.19 bits per heavy atom. The number of carbonyl (C=O) groups is 1. The molecule has 0 atom stereocenters. The lowest BCUT2D eigenvalue weighted by Crippen LogP contribution is -2.44. The molecule has 7 nitrogen and oxygen atoms in total. The molecule has 0 radical (unpaired) electrons. The summed E-state index contributed by atoms with van der Waals surface area (Å²) in [7, 11) is 2.15. The zero-order valence-corrected chi connectivity index (χ0v) is 18.9. The van der Waals surface area contributed by atoms with Gasteiger partial charge < -0.3 is 25.2 Å². The average Bonchev–Trinajstić information content (AvgIpc) is 3.06. The number of nitrogens with zero attached hydrogens (tertiary/aromatic N) is 3. The number of nitrogens with one attached hydrogen (secondary N) is 2. The largest absolute Gasteiger partial charge is 0.494 e. The molecule has 1 aliphatic rings. The summed E-state index contributed by atoms with van der Waals surface area (Å²) in [4.78, 5) is 24.5. The molecule has 1 aliphatic heterocycles. The number of benzene rings is 2. The molecule has 32 heavy (non-hydrogen) atoms. The Balaban J connectivity index is 1.56. The molecule has 3 aromatic rings. The smallest absolute Gasteiger partial charge is 0.224 e. The van der Waals surface area contributed by atoms with Crippen molar-refractivity contribution >= 4 is 40.1 Å². The van der Waals surface area contributed by atoms with E-state index >= 15 is 0 Å². The number of likely N-dealkylation sites (N-methyl/N-ethyl adjacent to an activating group) is 1. The first-order chi connectivity index (χ1) is 15.4. The van der Waals surface area contributed by atoms with Gasteiger partial charge >= 0.3 is 0 Å². The first kappa shape index (κ1) is 21.9. The van der Waals surface area contributed by atoms with E-state index in [1.54, 1.807) is 6.21 Å². The highest BCUT2D eigenvalue weighted by Crippen LogP contribution is 2.29. The number of aromatic hydroxyl groups is 1. The van der Waals surface area contributed by atoms with Crippen molar-refractivity contribution in [3.63, 3.8) is 0 Å². The Morgan fingerprint density at radius 3 is 2.72 bits per heavy atom. The Hall–Kier alpha value is -3.32. The van der Waals surface area contributed by atoms with E-state index < -0.39 is 0 Å². The molecular weight excluding hydrogens is 402 g/mol. The van der Waals surface area contributed by atoms with Crippen molar-refractivity contribution < 1.29 is 9.90 Å². The van der Waals surface area contributed by atoms with E-state index in [2.05, 4.69) is 44.3 Å². The number of piperazine rings is 1. The van der Waals surface area contributed by atoms with Crippen LogP contribution in [0.2, 0.25) is 0 Å². The molecular formula is C25H31N5O2. The molecule has 1 fully saturated rings. The topological polar surface area (TPSA) is 84.0 Å². The number of aromatic nitrogens is 1. The van der Waals surface area contributed by atoms with Crippen molar-refractivity contribution in [3.05, 3.63) is 48.0 Å². The predicted octanol–water partition coefficient (Wildman–Crippen LogP) is 4.36. The minimum Gasteiger partial charge on any atom is -0.494 e. The summed E-state index contributed by atoms with van der Waals surface area (Å²) in [6.07, 6.45) is 2.14. The van der Waals surface area contributed by atoms with Gasteiger partial charge in [-0.25, -0.2) is 0 Å². The summed E-state index contributed by atoms with van der Waals surface area (Å²) in [5.74, 6) is 0.332. The van der Waals surface area contributed by atoms with E-state index in [1.807, 2.05) is 44.2 Å². The minimum absolute atomic E-state index is 0.0185. The van der Waals surface area contributed by atoms with Gasteiger partial charge in [0.15, 0.2) is 5.88 Å². The van der Waals surface area contributed by atoms with E-state index in [1.165, 1.54) is 0 Å². The Kier molecular flexibility index (Phi) is 6.46. The fourth-order valence-corrected chi connectivity index (χ4v) is 3.96. The van der Waals surface area contributed by atoms with Gasteiger partial charge in [-0.3, -0.25) is 9.79 Å². The molecule has 0 spiro atoms. The molecule has 0 saturated carbocycles. The number of H-pyrrole nitrogens is 1. The number of aromatic amines is 1. The quantitative estimate of drug-likeness (QED) is 0.504. The molecule has 0 bridgehead atoms. The fourth-order valence-electron chi connectivity index (χ4n) is 3.96. The number of hydrogen-bond donors (Lipinski definition) is 3. The van der Waals surface area contributed by atoms with Crippen LogP contribution in [0.4, 0.5) is 17.1 Å². The molecule has 7 heteroatoms. The molecule has 0 aliphatic carbocycles. The fraction of sp³-hybridized carbons (Fsp3) is 0.360. The van der Waals surface area contributed by atoms with Gasteiger partial charge in [0.2, 0.25) is 5.91 Å². The molecule has 1 aromatic heterocycles. The first-order valence-electron chi connectivity index (χ1n) is 11.1. The van der Waals surface area contributed by atoms with Crippen LogP contribution in [0.15, 0.2) is 47.5 Å². The molecule has 2 heterocycles. The standard InChI is InChI=1S/C25H31N5O2/c1-17(2)13-24(31)27-19-7-8-23-21(15-19)22(25(32)28-23)16-26-18-5-4-6-20(14-18)30-11-9-29(3)10-12-30/h4-8,14-17,28,32H,9-13H2,1-3H3,(H,27,31). The zero-order valence-electron chi connectivity index (χ0n) is 18.9. The Morgan fingerprint density at radius 2 is 1.97 bits per heavy atom. The molecule has 3 N–H and O–H groups in total. The van der Waals surface area contributed by atoms with Crippen molar-refractivity contribution in [1.29, 1.82) is 0 Å². The second-order valence-electron chi connectivity index (χ2n) is 8.86. The van der Waals surface area contributed by atoms with Gasteiger partial charge in [0.05, 0.1) is 11.3 Å². The molecule has 4 rings (SSSR count). The number of hydrogen-bond acceptors (Lipinski definition) is 5. The highest BCUT2D eigenvalue weighted by molar-refractivity contribution is 6.04. The van der Waals surface area contributed by atoms with Gasteiger partial charge in [-0.1, -0.05) is 19.9 Å². The molecule has 1 saturated heterocycles. The van der Waals surface area contributed by atoms with E-state index in [0.29, 0.717) is 23.6 Å². The summed E-state index contributed by atoms with van der Waals surface area (Å²) < 4.78 is 0. The summed E-state index contributed by atoms with van der Waals surface area (Å²) in [5, 5.41) is 14.2. The van der Waals surface area contributed by atoms with Crippen LogP contribution in [0.3, 0.4) is 0 Å². The van der Waals surface area contributed by atoms with Crippen molar-refractivity contribution in [2.75, 3.05) is 43.4 Å². The minimum atomic E-state index is -0.0185. The maximum Gasteiger partial charge on any atom is 0.224 e. The summed E-state index contributed by atoms with van der Waals surface area (Å²) in [6, 6.07) is 13.7. The maximum atomic E-state index is 12.1. The summed E-state index contributed by atoms with van der Waals surface area (Å²) in [5.41, 5.74) is 4.08. The van der Waals surface area contributed by atoms with Gasteiger partial charge in [0, 0.05) is 61.1 Å². The average molecular weight is 434 g/mol. The van der Waals surface area contributed by atoms with Crippen molar-refractivity contribution in [2.24, 2.45) is 10.9 Å². The third-order valence-corrected chi connectivity index (χ3v) is 5.74. The van der Waals surface area contributed by atoms with Crippen LogP contribution in [0.5, 0.6) is 5.88 Å². The van der Waals surface area contributed by atoms with E-state index in [9.17, 15) is 9.90 Å². The van der Waals surface area contributed by atoms with Crippen molar-refractivity contribution in [1.82, 2.24) is 9.88 Å². The monoisotopic (exact) mass is 433 g/mol. The van der Waals surface area contributed by atoms with Gasteiger partial charge in [0.25, 0.3) is 0 Å². The number of amides is 1. The molecule has 168 valence electrons. The van der Waals surface area contributed by atoms with Crippen LogP contribution in [0.25, 0.3) is 10.9 Å². The lowest BCUT2D eigenvalue weighted by atomic mass is 10.1. The number of rotatable bonds is 6. The zero-order chi connectivity index (χ0) is 22.7. The second kappa shape index (κ2) is 9.44. The van der Waals surface area contributed by atoms with Gasteiger partial charge in [-0.05, 0) is 49.4 Å². The highest BCUT2D eigenvalue weighted by atomic mass is 16.3. The van der Waals surface area contributed by atoms with Crippen molar-refractivity contribution in [2.45, 2.75) is 20.3 Å². The SMILES string of the molecule is CC(C)CC(=O)Nc1ccc2[nH]c(O)c(C=Nc3cccc(N4CCN(C)CC4)c3)c2c1. The molecule has 0 unspecified atom stereocenters. The third-order valence-electron chi connectivity index (χ3n) is 5.74. The van der Waals surface area contributed by atoms with E-state index in [-0.39, 0.29) is 11.8 Å². The number of carbonyl (C=O) groups excluding carboxylic acids is 1. The van der Waals surface area contributed by atoms with Gasteiger partial charge in [-0.15, -0.1) is 0 Å². The lowest BCUT2D eigenvalue weighted by Gasteiger charge is -2.34. The van der Waals surface area contributed by atoms with E-state index in [0.717, 1.165) is 48.5 Å². The first-order valence-corrected chi connectivity index (χ1v) is 11.1.